The lowest BCUT2D eigenvalue weighted by Gasteiger charge is -2.17. The third-order valence-electron chi connectivity index (χ3n) is 3.18. The van der Waals surface area contributed by atoms with Crippen LogP contribution < -0.4 is 0 Å². The summed E-state index contributed by atoms with van der Waals surface area (Å²) in [5.41, 5.74) is 0. The zero-order chi connectivity index (χ0) is 10.8. The second-order valence-corrected chi connectivity index (χ2v) is 4.36. The fraction of sp³-hybridized carbons (Fsp3) is 0.818. The summed E-state index contributed by atoms with van der Waals surface area (Å²) in [6.45, 7) is 3.98. The lowest BCUT2D eigenvalue weighted by atomic mass is 10.2. The Kier molecular flexibility index (Phi) is 2.93. The van der Waals surface area contributed by atoms with E-state index < -0.39 is 0 Å². The van der Waals surface area contributed by atoms with Gasteiger partial charge < -0.3 is 9.64 Å². The second kappa shape index (κ2) is 4.21. The Hall–Kier alpha value is -1.06. The van der Waals surface area contributed by atoms with Crippen LogP contribution in [0.5, 0.6) is 0 Å². The first-order chi connectivity index (χ1) is 7.20. The topological polar surface area (TPSA) is 46.6 Å². The van der Waals surface area contributed by atoms with Gasteiger partial charge in [0.1, 0.15) is 0 Å². The number of hydrogen-bond donors (Lipinski definition) is 0. The number of rotatable bonds is 4. The Morgan fingerprint density at radius 2 is 1.93 bits per heavy atom. The van der Waals surface area contributed by atoms with E-state index in [0.29, 0.717) is 13.0 Å². The highest BCUT2D eigenvalue weighted by atomic mass is 16.5. The van der Waals surface area contributed by atoms with Gasteiger partial charge in [0, 0.05) is 19.5 Å². The number of carbonyl (C=O) groups excluding carboxylic acids is 2. The van der Waals surface area contributed by atoms with Crippen LogP contribution in [0.2, 0.25) is 0 Å². The van der Waals surface area contributed by atoms with Crippen molar-refractivity contribution in [3.8, 4) is 0 Å². The van der Waals surface area contributed by atoms with Gasteiger partial charge in [0.05, 0.1) is 13.0 Å². The molecule has 4 heteroatoms. The molecule has 84 valence electrons. The molecule has 0 aromatic heterocycles. The first-order valence-corrected chi connectivity index (χ1v) is 5.64. The van der Waals surface area contributed by atoms with Crippen molar-refractivity contribution in [3.05, 3.63) is 0 Å². The molecule has 2 fully saturated rings. The van der Waals surface area contributed by atoms with Crippen LogP contribution in [0, 0.1) is 11.8 Å². The molecule has 2 atom stereocenters. The highest BCUT2D eigenvalue weighted by Gasteiger charge is 2.46. The Labute approximate surface area is 89.6 Å². The maximum atomic E-state index is 11.6. The number of fused-ring (bicyclic) bond motifs is 1. The average Bonchev–Trinajstić information content (AvgIpc) is 2.83. The third kappa shape index (κ3) is 2.49. The molecule has 0 radical (unpaired) electrons. The molecule has 1 heterocycles. The number of amides is 1. The molecule has 0 spiro atoms. The number of esters is 1. The summed E-state index contributed by atoms with van der Waals surface area (Å²) in [5, 5.41) is 0. The van der Waals surface area contributed by atoms with Crippen molar-refractivity contribution in [2.24, 2.45) is 11.8 Å². The molecule has 0 aromatic carbocycles. The quantitative estimate of drug-likeness (QED) is 0.646. The summed E-state index contributed by atoms with van der Waals surface area (Å²) >= 11 is 0. The van der Waals surface area contributed by atoms with Gasteiger partial charge in [-0.05, 0) is 25.2 Å². The third-order valence-corrected chi connectivity index (χ3v) is 3.18. The van der Waals surface area contributed by atoms with Crippen LogP contribution in [-0.4, -0.2) is 36.5 Å². The number of hydrogen-bond acceptors (Lipinski definition) is 3. The SMILES string of the molecule is CCOC(=O)CCC(=O)N1CC2CC2C1. The van der Waals surface area contributed by atoms with Gasteiger partial charge in [-0.15, -0.1) is 0 Å². The van der Waals surface area contributed by atoms with E-state index >= 15 is 0 Å². The van der Waals surface area contributed by atoms with Crippen molar-refractivity contribution in [2.45, 2.75) is 26.2 Å². The fourth-order valence-electron chi connectivity index (χ4n) is 2.20. The van der Waals surface area contributed by atoms with Gasteiger partial charge in [-0.2, -0.15) is 0 Å². The molecular formula is C11H17NO3. The van der Waals surface area contributed by atoms with Crippen molar-refractivity contribution in [2.75, 3.05) is 19.7 Å². The highest BCUT2D eigenvalue weighted by Crippen LogP contribution is 2.44. The molecule has 1 saturated carbocycles. The maximum Gasteiger partial charge on any atom is 0.306 e. The van der Waals surface area contributed by atoms with Crippen LogP contribution in [0.15, 0.2) is 0 Å². The molecule has 0 aromatic rings. The first-order valence-electron chi connectivity index (χ1n) is 5.64. The Morgan fingerprint density at radius 3 is 2.53 bits per heavy atom. The number of nitrogens with zero attached hydrogens (tertiary/aromatic N) is 1. The van der Waals surface area contributed by atoms with Crippen LogP contribution in [0.4, 0.5) is 0 Å². The van der Waals surface area contributed by atoms with E-state index in [1.54, 1.807) is 6.92 Å². The van der Waals surface area contributed by atoms with E-state index in [9.17, 15) is 9.59 Å². The molecule has 2 unspecified atom stereocenters. The van der Waals surface area contributed by atoms with Crippen molar-refractivity contribution >= 4 is 11.9 Å². The predicted molar refractivity (Wildman–Crippen MR) is 54.0 cm³/mol. The molecule has 2 aliphatic rings. The van der Waals surface area contributed by atoms with Crippen LogP contribution in [0.1, 0.15) is 26.2 Å². The van der Waals surface area contributed by atoms with Crippen molar-refractivity contribution < 1.29 is 14.3 Å². The van der Waals surface area contributed by atoms with E-state index in [4.69, 9.17) is 4.74 Å². The summed E-state index contributed by atoms with van der Waals surface area (Å²) in [6.07, 6.45) is 1.82. The maximum absolute atomic E-state index is 11.6. The van der Waals surface area contributed by atoms with E-state index in [1.165, 1.54) is 6.42 Å². The van der Waals surface area contributed by atoms with Gasteiger partial charge in [0.2, 0.25) is 5.91 Å². The lowest BCUT2D eigenvalue weighted by molar-refractivity contribution is -0.145. The minimum Gasteiger partial charge on any atom is -0.466 e. The van der Waals surface area contributed by atoms with E-state index in [2.05, 4.69) is 0 Å². The molecular weight excluding hydrogens is 194 g/mol. The number of ether oxygens (including phenoxy) is 1. The molecule has 1 aliphatic carbocycles. The summed E-state index contributed by atoms with van der Waals surface area (Å²) in [7, 11) is 0. The van der Waals surface area contributed by atoms with Crippen LogP contribution in [0.3, 0.4) is 0 Å². The zero-order valence-corrected chi connectivity index (χ0v) is 9.07. The van der Waals surface area contributed by atoms with Gasteiger partial charge in [0.25, 0.3) is 0 Å². The lowest BCUT2D eigenvalue weighted by Crippen LogP contribution is -2.30. The highest BCUT2D eigenvalue weighted by molar-refractivity contribution is 5.81. The summed E-state index contributed by atoms with van der Waals surface area (Å²) in [6, 6.07) is 0. The zero-order valence-electron chi connectivity index (χ0n) is 9.07. The van der Waals surface area contributed by atoms with Gasteiger partial charge in [-0.25, -0.2) is 0 Å². The summed E-state index contributed by atoms with van der Waals surface area (Å²) in [4.78, 5) is 24.6. The Morgan fingerprint density at radius 1 is 1.27 bits per heavy atom. The molecule has 2 rings (SSSR count). The fourth-order valence-corrected chi connectivity index (χ4v) is 2.20. The molecule has 15 heavy (non-hydrogen) atoms. The molecule has 1 saturated heterocycles. The average molecular weight is 211 g/mol. The molecule has 4 nitrogen and oxygen atoms in total. The van der Waals surface area contributed by atoms with Gasteiger partial charge in [0.15, 0.2) is 0 Å². The van der Waals surface area contributed by atoms with Gasteiger partial charge in [-0.1, -0.05) is 0 Å². The molecule has 1 amide bonds. The summed E-state index contributed by atoms with van der Waals surface area (Å²) in [5.74, 6) is 1.36. The first kappa shape index (κ1) is 10.5. The van der Waals surface area contributed by atoms with Crippen LogP contribution in [-0.2, 0) is 14.3 Å². The van der Waals surface area contributed by atoms with E-state index in [0.717, 1.165) is 24.9 Å². The van der Waals surface area contributed by atoms with Crippen molar-refractivity contribution in [1.29, 1.82) is 0 Å². The Balaban J connectivity index is 1.66. The van der Waals surface area contributed by atoms with E-state index in [-0.39, 0.29) is 18.3 Å². The van der Waals surface area contributed by atoms with Crippen molar-refractivity contribution in [3.63, 3.8) is 0 Å². The number of carbonyl (C=O) groups is 2. The number of likely N-dealkylation sites (tertiary alicyclic amines) is 1. The molecule has 0 bridgehead atoms. The largest absolute Gasteiger partial charge is 0.466 e. The van der Waals surface area contributed by atoms with Gasteiger partial charge in [-0.3, -0.25) is 9.59 Å². The molecule has 0 N–H and O–H groups in total. The molecule has 1 aliphatic heterocycles. The van der Waals surface area contributed by atoms with E-state index in [1.807, 2.05) is 4.90 Å². The van der Waals surface area contributed by atoms with Crippen molar-refractivity contribution in [1.82, 2.24) is 4.90 Å². The minimum atomic E-state index is -0.268. The standard InChI is InChI=1S/C11H17NO3/c1-2-15-11(14)4-3-10(13)12-6-8-5-9(8)7-12/h8-9H,2-7H2,1H3. The second-order valence-electron chi connectivity index (χ2n) is 4.36. The van der Waals surface area contributed by atoms with Gasteiger partial charge >= 0.3 is 5.97 Å². The normalized spacial score (nSPS) is 27.4. The number of piperidine rings is 1. The smallest absolute Gasteiger partial charge is 0.306 e. The summed E-state index contributed by atoms with van der Waals surface area (Å²) < 4.78 is 4.78. The Bertz CT molecular complexity index is 267. The van der Waals surface area contributed by atoms with Crippen LogP contribution >= 0.6 is 0 Å². The monoisotopic (exact) mass is 211 g/mol. The van der Waals surface area contributed by atoms with Crippen LogP contribution in [0.25, 0.3) is 0 Å². The minimum absolute atomic E-state index is 0.107. The predicted octanol–water partition coefficient (Wildman–Crippen LogP) is 0.808.